The first-order valence-corrected chi connectivity index (χ1v) is 6.06. The van der Waals surface area contributed by atoms with Gasteiger partial charge in [-0.1, -0.05) is 18.2 Å². The molecule has 0 bridgehead atoms. The van der Waals surface area contributed by atoms with Gasteiger partial charge in [-0.25, -0.2) is 4.98 Å². The molecule has 1 aromatic heterocycles. The molecule has 0 atom stereocenters. The molecule has 0 aliphatic rings. The van der Waals surface area contributed by atoms with E-state index < -0.39 is 0 Å². The zero-order valence-electron chi connectivity index (χ0n) is 11.2. The van der Waals surface area contributed by atoms with Crippen LogP contribution in [0.15, 0.2) is 36.7 Å². The molecule has 0 aliphatic heterocycles. The molecular weight excluding hydrogens is 240 g/mol. The summed E-state index contributed by atoms with van der Waals surface area (Å²) in [7, 11) is 3.72. The van der Waals surface area contributed by atoms with Gasteiger partial charge in [0, 0.05) is 18.7 Å². The van der Waals surface area contributed by atoms with E-state index in [4.69, 9.17) is 10.5 Å². The normalized spacial score (nSPS) is 10.7. The molecule has 1 heterocycles. The molecule has 0 unspecified atom stereocenters. The van der Waals surface area contributed by atoms with Crippen molar-refractivity contribution in [2.75, 3.05) is 19.9 Å². The second-order valence-electron chi connectivity index (χ2n) is 4.42. The first-order valence-electron chi connectivity index (χ1n) is 6.06. The molecule has 2 aromatic rings. The summed E-state index contributed by atoms with van der Waals surface area (Å²) in [5.41, 5.74) is 7.56. The summed E-state index contributed by atoms with van der Waals surface area (Å²) in [6.45, 7) is 1.50. The molecule has 0 saturated carbocycles. The van der Waals surface area contributed by atoms with Crippen LogP contribution in [0.25, 0.3) is 0 Å². The van der Waals surface area contributed by atoms with Crippen LogP contribution in [0.5, 0.6) is 5.75 Å². The molecule has 0 fully saturated rings. The zero-order chi connectivity index (χ0) is 13.7. The quantitative estimate of drug-likeness (QED) is 0.884. The predicted octanol–water partition coefficient (Wildman–Crippen LogP) is 1.70. The number of methoxy groups -OCH3 is 1. The lowest BCUT2D eigenvalue weighted by Gasteiger charge is -2.17. The summed E-state index contributed by atoms with van der Waals surface area (Å²) in [6, 6.07) is 8.00. The van der Waals surface area contributed by atoms with Crippen molar-refractivity contribution in [1.29, 1.82) is 0 Å². The number of nitrogens with two attached hydrogens (primary N) is 1. The van der Waals surface area contributed by atoms with Gasteiger partial charge in [0.25, 0.3) is 0 Å². The highest BCUT2D eigenvalue weighted by Gasteiger charge is 2.07. The number of ether oxygens (including phenoxy) is 1. The van der Waals surface area contributed by atoms with Crippen LogP contribution in [0.4, 0.5) is 5.82 Å². The lowest BCUT2D eigenvalue weighted by molar-refractivity contribution is 0.306. The Morgan fingerprint density at radius 2 is 1.95 bits per heavy atom. The van der Waals surface area contributed by atoms with E-state index in [1.165, 1.54) is 0 Å². The molecule has 100 valence electrons. The van der Waals surface area contributed by atoms with Crippen LogP contribution < -0.4 is 10.5 Å². The average molecular weight is 258 g/mol. The fourth-order valence-corrected chi connectivity index (χ4v) is 1.90. The number of aromatic nitrogens is 2. The molecule has 0 radical (unpaired) electrons. The standard InChI is InChI=1S/C14H18N4O/c1-18(10-12-7-17-14(15)8-16-12)9-11-5-3-4-6-13(11)19-2/h3-8H,9-10H2,1-2H3,(H2,15,17). The Hall–Kier alpha value is -2.14. The van der Waals surface area contributed by atoms with Crippen molar-refractivity contribution in [3.63, 3.8) is 0 Å². The third kappa shape index (κ3) is 3.66. The van der Waals surface area contributed by atoms with Gasteiger partial charge in [0.05, 0.1) is 25.2 Å². The van der Waals surface area contributed by atoms with Crippen LogP contribution >= 0.6 is 0 Å². The highest BCUT2D eigenvalue weighted by Crippen LogP contribution is 2.19. The van der Waals surface area contributed by atoms with Gasteiger partial charge < -0.3 is 10.5 Å². The van der Waals surface area contributed by atoms with E-state index >= 15 is 0 Å². The number of hydrogen-bond acceptors (Lipinski definition) is 5. The third-order valence-corrected chi connectivity index (χ3v) is 2.79. The maximum atomic E-state index is 5.52. The van der Waals surface area contributed by atoms with Gasteiger partial charge in [-0.2, -0.15) is 0 Å². The second kappa shape index (κ2) is 6.15. The summed E-state index contributed by atoms with van der Waals surface area (Å²) in [4.78, 5) is 10.4. The fourth-order valence-electron chi connectivity index (χ4n) is 1.90. The SMILES string of the molecule is COc1ccccc1CN(C)Cc1cnc(N)cn1. The number of nitrogens with zero attached hydrogens (tertiary/aromatic N) is 3. The highest BCUT2D eigenvalue weighted by molar-refractivity contribution is 5.33. The highest BCUT2D eigenvalue weighted by atomic mass is 16.5. The van der Waals surface area contributed by atoms with Crippen molar-refractivity contribution in [1.82, 2.24) is 14.9 Å². The molecule has 2 rings (SSSR count). The van der Waals surface area contributed by atoms with E-state index in [0.717, 1.165) is 23.6 Å². The van der Waals surface area contributed by atoms with Crippen molar-refractivity contribution in [3.05, 3.63) is 47.9 Å². The first-order chi connectivity index (χ1) is 9.19. The molecule has 2 N–H and O–H groups in total. The zero-order valence-corrected chi connectivity index (χ0v) is 11.2. The lowest BCUT2D eigenvalue weighted by Crippen LogP contribution is -2.18. The minimum absolute atomic E-state index is 0.441. The summed E-state index contributed by atoms with van der Waals surface area (Å²) in [5.74, 6) is 1.34. The van der Waals surface area contributed by atoms with Crippen LogP contribution in [0.2, 0.25) is 0 Å². The van der Waals surface area contributed by atoms with Crippen LogP contribution in [-0.2, 0) is 13.1 Å². The summed E-state index contributed by atoms with van der Waals surface area (Å²) >= 11 is 0. The first kappa shape index (κ1) is 13.3. The maximum absolute atomic E-state index is 5.52. The Labute approximate surface area is 113 Å². The van der Waals surface area contributed by atoms with E-state index in [-0.39, 0.29) is 0 Å². The Morgan fingerprint density at radius 3 is 2.63 bits per heavy atom. The number of anilines is 1. The monoisotopic (exact) mass is 258 g/mol. The molecule has 0 saturated heterocycles. The summed E-state index contributed by atoms with van der Waals surface area (Å²) in [5, 5.41) is 0. The van der Waals surface area contributed by atoms with E-state index in [1.54, 1.807) is 19.5 Å². The molecule has 0 amide bonds. The van der Waals surface area contributed by atoms with E-state index in [9.17, 15) is 0 Å². The minimum atomic E-state index is 0.441. The van der Waals surface area contributed by atoms with Crippen molar-refractivity contribution < 1.29 is 4.74 Å². The Balaban J connectivity index is 2.01. The van der Waals surface area contributed by atoms with Crippen LogP contribution in [0, 0.1) is 0 Å². The molecular formula is C14H18N4O. The van der Waals surface area contributed by atoms with E-state index in [0.29, 0.717) is 12.4 Å². The third-order valence-electron chi connectivity index (χ3n) is 2.79. The summed E-state index contributed by atoms with van der Waals surface area (Å²) < 4.78 is 5.34. The number of hydrogen-bond donors (Lipinski definition) is 1. The molecule has 5 heteroatoms. The van der Waals surface area contributed by atoms with Gasteiger partial charge >= 0.3 is 0 Å². The van der Waals surface area contributed by atoms with E-state index in [2.05, 4.69) is 20.9 Å². The molecule has 1 aromatic carbocycles. The predicted molar refractivity (Wildman–Crippen MR) is 74.6 cm³/mol. The smallest absolute Gasteiger partial charge is 0.141 e. The Bertz CT molecular complexity index is 527. The number of rotatable bonds is 5. The van der Waals surface area contributed by atoms with Crippen molar-refractivity contribution in [2.45, 2.75) is 13.1 Å². The van der Waals surface area contributed by atoms with Crippen LogP contribution in [0.1, 0.15) is 11.3 Å². The maximum Gasteiger partial charge on any atom is 0.141 e. The second-order valence-corrected chi connectivity index (χ2v) is 4.42. The van der Waals surface area contributed by atoms with Crippen LogP contribution in [-0.4, -0.2) is 29.0 Å². The van der Waals surface area contributed by atoms with Gasteiger partial charge in [-0.05, 0) is 13.1 Å². The van der Waals surface area contributed by atoms with Gasteiger partial charge in [-0.15, -0.1) is 0 Å². The fraction of sp³-hybridized carbons (Fsp3) is 0.286. The van der Waals surface area contributed by atoms with Crippen molar-refractivity contribution >= 4 is 5.82 Å². The summed E-state index contributed by atoms with van der Waals surface area (Å²) in [6.07, 6.45) is 3.28. The van der Waals surface area contributed by atoms with Crippen molar-refractivity contribution in [3.8, 4) is 5.75 Å². The van der Waals surface area contributed by atoms with E-state index in [1.807, 2.05) is 25.2 Å². The van der Waals surface area contributed by atoms with Gasteiger partial charge in [0.2, 0.25) is 0 Å². The molecule has 19 heavy (non-hydrogen) atoms. The number of nitrogen functional groups attached to an aromatic ring is 1. The molecule has 5 nitrogen and oxygen atoms in total. The number of benzene rings is 1. The lowest BCUT2D eigenvalue weighted by atomic mass is 10.2. The van der Waals surface area contributed by atoms with Gasteiger partial charge in [0.1, 0.15) is 11.6 Å². The van der Waals surface area contributed by atoms with Crippen molar-refractivity contribution in [2.24, 2.45) is 0 Å². The average Bonchev–Trinajstić information content (AvgIpc) is 2.42. The molecule has 0 aliphatic carbocycles. The van der Waals surface area contributed by atoms with Crippen LogP contribution in [0.3, 0.4) is 0 Å². The molecule has 0 spiro atoms. The number of para-hydroxylation sites is 1. The topological polar surface area (TPSA) is 64.3 Å². The minimum Gasteiger partial charge on any atom is -0.496 e. The van der Waals surface area contributed by atoms with Gasteiger partial charge in [0.15, 0.2) is 0 Å². The largest absolute Gasteiger partial charge is 0.496 e. The Kier molecular flexibility index (Phi) is 4.30. The van der Waals surface area contributed by atoms with Gasteiger partial charge in [-0.3, -0.25) is 9.88 Å². The Morgan fingerprint density at radius 1 is 1.16 bits per heavy atom.